The van der Waals surface area contributed by atoms with Gasteiger partial charge in [-0.25, -0.2) is 0 Å². The lowest BCUT2D eigenvalue weighted by Gasteiger charge is -2.13. The monoisotopic (exact) mass is 289 g/mol. The van der Waals surface area contributed by atoms with Crippen LogP contribution in [0.1, 0.15) is 22.3 Å². The Kier molecular flexibility index (Phi) is 5.05. The molecule has 0 fully saturated rings. The minimum Gasteiger partial charge on any atom is -0.489 e. The number of aryl methyl sites for hydroxylation is 2. The fraction of sp³-hybridized carbons (Fsp3) is 0.294. The van der Waals surface area contributed by atoms with Crippen LogP contribution in [0.25, 0.3) is 0 Å². The molecule has 1 N–H and O–H groups in total. The van der Waals surface area contributed by atoms with E-state index in [1.165, 1.54) is 16.7 Å². The lowest BCUT2D eigenvalue weighted by Crippen LogP contribution is -2.08. The molecule has 0 aliphatic carbocycles. The maximum atomic E-state index is 6.22. The van der Waals surface area contributed by atoms with Crippen LogP contribution < -0.4 is 10.1 Å². The van der Waals surface area contributed by atoms with Gasteiger partial charge in [-0.2, -0.15) is 0 Å². The zero-order valence-corrected chi connectivity index (χ0v) is 12.9. The summed E-state index contributed by atoms with van der Waals surface area (Å²) in [5.74, 6) is 0.838. The van der Waals surface area contributed by atoms with E-state index in [1.54, 1.807) is 0 Å². The van der Waals surface area contributed by atoms with Crippen molar-refractivity contribution in [2.24, 2.45) is 0 Å². The third-order valence-corrected chi connectivity index (χ3v) is 3.75. The van der Waals surface area contributed by atoms with Gasteiger partial charge in [0.25, 0.3) is 0 Å². The molecule has 2 aromatic rings. The van der Waals surface area contributed by atoms with E-state index in [-0.39, 0.29) is 0 Å². The van der Waals surface area contributed by atoms with Gasteiger partial charge in [-0.15, -0.1) is 0 Å². The first-order valence-corrected chi connectivity index (χ1v) is 7.10. The second-order valence-corrected chi connectivity index (χ2v) is 5.36. The molecular weight excluding hydrogens is 270 g/mol. The average Bonchev–Trinajstić information content (AvgIpc) is 2.43. The van der Waals surface area contributed by atoms with Crippen LogP contribution in [-0.4, -0.2) is 7.05 Å². The smallest absolute Gasteiger partial charge is 0.125 e. The van der Waals surface area contributed by atoms with Crippen molar-refractivity contribution in [1.82, 2.24) is 5.32 Å². The summed E-state index contributed by atoms with van der Waals surface area (Å²) >= 11 is 6.22. The second-order valence-electron chi connectivity index (χ2n) is 4.95. The Morgan fingerprint density at radius 3 is 2.60 bits per heavy atom. The van der Waals surface area contributed by atoms with Crippen LogP contribution in [0.5, 0.6) is 5.75 Å². The van der Waals surface area contributed by atoms with E-state index in [9.17, 15) is 0 Å². The lowest BCUT2D eigenvalue weighted by atomic mass is 10.1. The van der Waals surface area contributed by atoms with E-state index >= 15 is 0 Å². The quantitative estimate of drug-likeness (QED) is 0.888. The highest BCUT2D eigenvalue weighted by atomic mass is 35.5. The second kappa shape index (κ2) is 6.78. The van der Waals surface area contributed by atoms with E-state index in [0.29, 0.717) is 13.2 Å². The Labute approximate surface area is 125 Å². The van der Waals surface area contributed by atoms with Crippen LogP contribution in [0.2, 0.25) is 5.02 Å². The molecule has 0 atom stereocenters. The molecule has 20 heavy (non-hydrogen) atoms. The Hall–Kier alpha value is -1.51. The molecule has 0 saturated heterocycles. The maximum Gasteiger partial charge on any atom is 0.125 e. The summed E-state index contributed by atoms with van der Waals surface area (Å²) in [5.41, 5.74) is 4.75. The molecule has 0 radical (unpaired) electrons. The van der Waals surface area contributed by atoms with Gasteiger partial charge in [-0.3, -0.25) is 0 Å². The third-order valence-electron chi connectivity index (χ3n) is 3.40. The van der Waals surface area contributed by atoms with Gasteiger partial charge in [0.2, 0.25) is 0 Å². The average molecular weight is 290 g/mol. The first kappa shape index (κ1) is 14.9. The van der Waals surface area contributed by atoms with Gasteiger partial charge >= 0.3 is 0 Å². The van der Waals surface area contributed by atoms with Gasteiger partial charge < -0.3 is 10.1 Å². The van der Waals surface area contributed by atoms with Crippen molar-refractivity contribution in [2.45, 2.75) is 27.0 Å². The molecule has 106 valence electrons. The first-order valence-electron chi connectivity index (χ1n) is 6.72. The molecular formula is C17H20ClNO. The van der Waals surface area contributed by atoms with Crippen molar-refractivity contribution >= 4 is 11.6 Å². The first-order chi connectivity index (χ1) is 9.61. The molecule has 0 bridgehead atoms. The third kappa shape index (κ3) is 3.53. The van der Waals surface area contributed by atoms with Crippen molar-refractivity contribution < 1.29 is 4.74 Å². The van der Waals surface area contributed by atoms with Crippen molar-refractivity contribution in [3.8, 4) is 5.75 Å². The van der Waals surface area contributed by atoms with Gasteiger partial charge in [0.15, 0.2) is 0 Å². The van der Waals surface area contributed by atoms with Crippen LogP contribution >= 0.6 is 11.6 Å². The van der Waals surface area contributed by atoms with Gasteiger partial charge in [-0.1, -0.05) is 35.9 Å². The lowest BCUT2D eigenvalue weighted by molar-refractivity contribution is 0.302. The van der Waals surface area contributed by atoms with Crippen molar-refractivity contribution in [1.29, 1.82) is 0 Å². The number of benzene rings is 2. The Bertz CT molecular complexity index is 596. The van der Waals surface area contributed by atoms with Gasteiger partial charge in [0.05, 0.1) is 0 Å². The van der Waals surface area contributed by atoms with Gasteiger partial charge in [0.1, 0.15) is 12.4 Å². The molecule has 0 aromatic heterocycles. The Morgan fingerprint density at radius 1 is 1.10 bits per heavy atom. The van der Waals surface area contributed by atoms with Gasteiger partial charge in [-0.05, 0) is 49.7 Å². The summed E-state index contributed by atoms with van der Waals surface area (Å²) in [6.07, 6.45) is 0. The van der Waals surface area contributed by atoms with E-state index < -0.39 is 0 Å². The van der Waals surface area contributed by atoms with Crippen molar-refractivity contribution in [3.63, 3.8) is 0 Å². The van der Waals surface area contributed by atoms with Crippen LogP contribution in [0, 0.1) is 13.8 Å². The number of hydrogen-bond acceptors (Lipinski definition) is 2. The molecule has 0 saturated carbocycles. The standard InChI is InChI=1S/C17H20ClNO/c1-12-7-8-14(9-13(12)2)11-20-17-6-4-5-16(18)15(17)10-19-3/h4-9,19H,10-11H2,1-3H3. The topological polar surface area (TPSA) is 21.3 Å². The number of hydrogen-bond donors (Lipinski definition) is 1. The van der Waals surface area contributed by atoms with Crippen LogP contribution in [0.15, 0.2) is 36.4 Å². The predicted octanol–water partition coefficient (Wildman–Crippen LogP) is 4.26. The summed E-state index contributed by atoms with van der Waals surface area (Å²) in [6, 6.07) is 12.1. The van der Waals surface area contributed by atoms with Crippen molar-refractivity contribution in [2.75, 3.05) is 7.05 Å². The van der Waals surface area contributed by atoms with Crippen LogP contribution in [0.3, 0.4) is 0 Å². The Morgan fingerprint density at radius 2 is 1.90 bits per heavy atom. The molecule has 2 rings (SSSR count). The summed E-state index contributed by atoms with van der Waals surface area (Å²) < 4.78 is 5.93. The predicted molar refractivity (Wildman–Crippen MR) is 84.5 cm³/mol. The van der Waals surface area contributed by atoms with E-state index in [1.807, 2.05) is 25.2 Å². The van der Waals surface area contributed by atoms with Crippen LogP contribution in [-0.2, 0) is 13.2 Å². The molecule has 0 spiro atoms. The summed E-state index contributed by atoms with van der Waals surface area (Å²) in [5, 5.41) is 3.85. The Balaban J connectivity index is 2.14. The molecule has 0 amide bonds. The van der Waals surface area contributed by atoms with Crippen LogP contribution in [0.4, 0.5) is 0 Å². The molecule has 0 aliphatic heterocycles. The van der Waals surface area contributed by atoms with Crippen molar-refractivity contribution in [3.05, 3.63) is 63.7 Å². The summed E-state index contributed by atoms with van der Waals surface area (Å²) in [4.78, 5) is 0. The normalized spacial score (nSPS) is 10.6. The summed E-state index contributed by atoms with van der Waals surface area (Å²) in [7, 11) is 1.90. The van der Waals surface area contributed by atoms with Gasteiger partial charge in [0, 0.05) is 17.1 Å². The fourth-order valence-corrected chi connectivity index (χ4v) is 2.31. The molecule has 0 heterocycles. The number of nitrogens with one attached hydrogen (secondary N) is 1. The minimum absolute atomic E-state index is 0.554. The summed E-state index contributed by atoms with van der Waals surface area (Å²) in [6.45, 7) is 5.48. The molecule has 3 heteroatoms. The number of ether oxygens (including phenoxy) is 1. The highest BCUT2D eigenvalue weighted by Gasteiger charge is 2.07. The number of rotatable bonds is 5. The number of halogens is 1. The maximum absolute atomic E-state index is 6.22. The molecule has 0 aliphatic rings. The highest BCUT2D eigenvalue weighted by Crippen LogP contribution is 2.27. The highest BCUT2D eigenvalue weighted by molar-refractivity contribution is 6.31. The van der Waals surface area contributed by atoms with E-state index in [0.717, 1.165) is 16.3 Å². The van der Waals surface area contributed by atoms with E-state index in [4.69, 9.17) is 16.3 Å². The minimum atomic E-state index is 0.554. The molecule has 0 unspecified atom stereocenters. The largest absolute Gasteiger partial charge is 0.489 e. The SMILES string of the molecule is CNCc1c(Cl)cccc1OCc1ccc(C)c(C)c1. The van der Waals surface area contributed by atoms with E-state index in [2.05, 4.69) is 37.4 Å². The fourth-order valence-electron chi connectivity index (χ4n) is 2.08. The zero-order valence-electron chi connectivity index (χ0n) is 12.2. The molecule has 2 nitrogen and oxygen atoms in total. The zero-order chi connectivity index (χ0) is 14.5. The molecule has 2 aromatic carbocycles.